The Morgan fingerprint density at radius 2 is 1.90 bits per heavy atom. The number of benzene rings is 2. The minimum atomic E-state index is -0.293. The molecular weight excluding hydrogens is 266 g/mol. The number of carbonyl (C=O) groups is 1. The fourth-order valence-electron chi connectivity index (χ4n) is 2.06. The summed E-state index contributed by atoms with van der Waals surface area (Å²) in [5, 5.41) is 12.4. The lowest BCUT2D eigenvalue weighted by atomic mass is 10.1. The third-order valence-electron chi connectivity index (χ3n) is 3.24. The van der Waals surface area contributed by atoms with Crippen LogP contribution < -0.4 is 16.0 Å². The van der Waals surface area contributed by atoms with Crippen molar-refractivity contribution in [1.29, 1.82) is 0 Å². The molecule has 0 unspecified atom stereocenters. The highest BCUT2D eigenvalue weighted by atomic mass is 16.3. The number of amides is 1. The van der Waals surface area contributed by atoms with E-state index in [1.54, 1.807) is 6.07 Å². The van der Waals surface area contributed by atoms with Crippen molar-refractivity contribution >= 4 is 23.0 Å². The van der Waals surface area contributed by atoms with Gasteiger partial charge in [0.1, 0.15) is 5.75 Å². The summed E-state index contributed by atoms with van der Waals surface area (Å²) in [7, 11) is 3.90. The molecule has 0 fully saturated rings. The van der Waals surface area contributed by atoms with Gasteiger partial charge in [-0.2, -0.15) is 0 Å². The number of hydrogen-bond donors (Lipinski definition) is 3. The molecule has 5 nitrogen and oxygen atoms in total. The number of hydrogen-bond acceptors (Lipinski definition) is 4. The Hall–Kier alpha value is -2.69. The van der Waals surface area contributed by atoms with Crippen LogP contribution in [0.3, 0.4) is 0 Å². The second-order valence-electron chi connectivity index (χ2n) is 5.12. The first-order valence-electron chi connectivity index (χ1n) is 6.56. The second-order valence-corrected chi connectivity index (χ2v) is 5.12. The summed E-state index contributed by atoms with van der Waals surface area (Å²) in [6.07, 6.45) is 0. The molecule has 0 bridgehead atoms. The van der Waals surface area contributed by atoms with Gasteiger partial charge in [-0.25, -0.2) is 0 Å². The second kappa shape index (κ2) is 5.75. The minimum absolute atomic E-state index is 0.0967. The third kappa shape index (κ3) is 3.25. The molecule has 2 aromatic rings. The first kappa shape index (κ1) is 14.7. The molecule has 0 aromatic heterocycles. The monoisotopic (exact) mass is 285 g/mol. The van der Waals surface area contributed by atoms with E-state index >= 15 is 0 Å². The van der Waals surface area contributed by atoms with Crippen molar-refractivity contribution in [2.24, 2.45) is 0 Å². The highest BCUT2D eigenvalue weighted by Crippen LogP contribution is 2.24. The van der Waals surface area contributed by atoms with Crippen LogP contribution in [0, 0.1) is 6.92 Å². The number of nitrogen functional groups attached to an aromatic ring is 1. The predicted molar refractivity (Wildman–Crippen MR) is 86.0 cm³/mol. The minimum Gasteiger partial charge on any atom is -0.506 e. The molecule has 0 saturated heterocycles. The zero-order chi connectivity index (χ0) is 15.6. The van der Waals surface area contributed by atoms with E-state index < -0.39 is 0 Å². The van der Waals surface area contributed by atoms with Crippen LogP contribution in [0.15, 0.2) is 36.4 Å². The van der Waals surface area contributed by atoms with Crippen molar-refractivity contribution in [3.05, 3.63) is 47.5 Å². The Labute approximate surface area is 124 Å². The van der Waals surface area contributed by atoms with Gasteiger partial charge in [0.05, 0.1) is 5.69 Å². The van der Waals surface area contributed by atoms with Crippen LogP contribution in [0.1, 0.15) is 15.9 Å². The first-order valence-corrected chi connectivity index (χ1v) is 6.56. The summed E-state index contributed by atoms with van der Waals surface area (Å²) in [4.78, 5) is 14.2. The molecule has 2 rings (SSSR count). The van der Waals surface area contributed by atoms with Crippen LogP contribution >= 0.6 is 0 Å². The van der Waals surface area contributed by atoms with Gasteiger partial charge in [0.2, 0.25) is 0 Å². The predicted octanol–water partition coefficient (Wildman–Crippen LogP) is 2.60. The van der Waals surface area contributed by atoms with Gasteiger partial charge < -0.3 is 21.1 Å². The molecule has 0 spiro atoms. The molecule has 0 atom stereocenters. The largest absolute Gasteiger partial charge is 0.506 e. The third-order valence-corrected chi connectivity index (χ3v) is 3.24. The normalized spacial score (nSPS) is 10.2. The summed E-state index contributed by atoms with van der Waals surface area (Å²) in [6, 6.07) is 10.1. The van der Waals surface area contributed by atoms with Crippen LogP contribution in [0.25, 0.3) is 0 Å². The number of anilines is 3. The molecule has 0 aliphatic rings. The van der Waals surface area contributed by atoms with Crippen LogP contribution in [0.2, 0.25) is 0 Å². The fraction of sp³-hybridized carbons (Fsp3) is 0.188. The van der Waals surface area contributed by atoms with Gasteiger partial charge in [0.15, 0.2) is 0 Å². The van der Waals surface area contributed by atoms with Crippen molar-refractivity contribution in [3.63, 3.8) is 0 Å². The van der Waals surface area contributed by atoms with E-state index in [4.69, 9.17) is 5.73 Å². The van der Waals surface area contributed by atoms with E-state index in [-0.39, 0.29) is 17.3 Å². The summed E-state index contributed by atoms with van der Waals surface area (Å²) in [5.41, 5.74) is 8.99. The van der Waals surface area contributed by atoms with Gasteiger partial charge in [-0.15, -0.1) is 0 Å². The van der Waals surface area contributed by atoms with Gasteiger partial charge in [-0.05, 0) is 42.8 Å². The average molecular weight is 285 g/mol. The maximum Gasteiger partial charge on any atom is 0.255 e. The zero-order valence-corrected chi connectivity index (χ0v) is 12.3. The first-order chi connectivity index (χ1) is 9.88. The molecule has 4 N–H and O–H groups in total. The van der Waals surface area contributed by atoms with E-state index in [1.165, 1.54) is 12.1 Å². The van der Waals surface area contributed by atoms with Crippen LogP contribution in [0.5, 0.6) is 5.75 Å². The van der Waals surface area contributed by atoms with Gasteiger partial charge in [-0.3, -0.25) is 4.79 Å². The molecular formula is C16H19N3O2. The Bertz CT molecular complexity index is 681. The molecule has 0 aliphatic carbocycles. The van der Waals surface area contributed by atoms with E-state index in [0.29, 0.717) is 11.3 Å². The molecule has 21 heavy (non-hydrogen) atoms. The summed E-state index contributed by atoms with van der Waals surface area (Å²) in [5.74, 6) is -0.389. The Kier molecular flexibility index (Phi) is 4.03. The lowest BCUT2D eigenvalue weighted by Crippen LogP contribution is -2.14. The number of aromatic hydroxyl groups is 1. The number of phenolic OH excluding ortho intramolecular Hbond substituents is 1. The smallest absolute Gasteiger partial charge is 0.255 e. The number of nitrogens with zero attached hydrogens (tertiary/aromatic N) is 1. The molecule has 0 saturated carbocycles. The van der Waals surface area contributed by atoms with E-state index in [0.717, 1.165) is 11.3 Å². The zero-order valence-electron chi connectivity index (χ0n) is 12.3. The highest BCUT2D eigenvalue weighted by Gasteiger charge is 2.10. The summed E-state index contributed by atoms with van der Waals surface area (Å²) < 4.78 is 0. The van der Waals surface area contributed by atoms with Crippen molar-refractivity contribution in [2.45, 2.75) is 6.92 Å². The van der Waals surface area contributed by atoms with Crippen molar-refractivity contribution in [2.75, 3.05) is 30.0 Å². The van der Waals surface area contributed by atoms with E-state index in [9.17, 15) is 9.90 Å². The topological polar surface area (TPSA) is 78.6 Å². The molecule has 110 valence electrons. The van der Waals surface area contributed by atoms with E-state index in [2.05, 4.69) is 5.32 Å². The number of carbonyl (C=O) groups excluding carboxylic acids is 1. The standard InChI is InChI=1S/C16H19N3O2/c1-10-4-6-12(9-14(10)19(2)3)18-16(21)11-5-7-13(17)15(20)8-11/h4-9,20H,17H2,1-3H3,(H,18,21). The maximum absolute atomic E-state index is 12.2. The Morgan fingerprint density at radius 1 is 1.19 bits per heavy atom. The van der Waals surface area contributed by atoms with Crippen LogP contribution in [-0.2, 0) is 0 Å². The number of aryl methyl sites for hydroxylation is 1. The average Bonchev–Trinajstić information content (AvgIpc) is 2.43. The number of rotatable bonds is 3. The molecule has 0 aliphatic heterocycles. The summed E-state index contributed by atoms with van der Waals surface area (Å²) in [6.45, 7) is 2.01. The Balaban J connectivity index is 2.23. The SMILES string of the molecule is Cc1ccc(NC(=O)c2ccc(N)c(O)c2)cc1N(C)C. The maximum atomic E-state index is 12.2. The molecule has 0 radical (unpaired) electrons. The molecule has 5 heteroatoms. The van der Waals surface area contributed by atoms with Gasteiger partial charge in [0, 0.05) is 31.0 Å². The fourth-order valence-corrected chi connectivity index (χ4v) is 2.06. The van der Waals surface area contributed by atoms with Crippen LogP contribution in [0.4, 0.5) is 17.1 Å². The number of nitrogens with one attached hydrogen (secondary N) is 1. The van der Waals surface area contributed by atoms with Gasteiger partial charge in [-0.1, -0.05) is 6.07 Å². The molecule has 0 heterocycles. The Morgan fingerprint density at radius 3 is 2.52 bits per heavy atom. The highest BCUT2D eigenvalue weighted by molar-refractivity contribution is 6.05. The molecule has 2 aromatic carbocycles. The van der Waals surface area contributed by atoms with E-state index in [1.807, 2.05) is 44.1 Å². The lowest BCUT2D eigenvalue weighted by Gasteiger charge is -2.17. The number of phenols is 1. The molecule has 1 amide bonds. The van der Waals surface area contributed by atoms with Gasteiger partial charge in [0.25, 0.3) is 5.91 Å². The van der Waals surface area contributed by atoms with Crippen molar-refractivity contribution < 1.29 is 9.90 Å². The van der Waals surface area contributed by atoms with Gasteiger partial charge >= 0.3 is 0 Å². The van der Waals surface area contributed by atoms with Crippen molar-refractivity contribution in [3.8, 4) is 5.75 Å². The number of nitrogens with two attached hydrogens (primary N) is 1. The lowest BCUT2D eigenvalue weighted by molar-refractivity contribution is 0.102. The van der Waals surface area contributed by atoms with Crippen LogP contribution in [-0.4, -0.2) is 25.1 Å². The quantitative estimate of drug-likeness (QED) is 0.598. The summed E-state index contributed by atoms with van der Waals surface area (Å²) >= 11 is 0. The van der Waals surface area contributed by atoms with Crippen molar-refractivity contribution in [1.82, 2.24) is 0 Å².